The van der Waals surface area contributed by atoms with E-state index in [-0.39, 0.29) is 17.2 Å². The predicted octanol–water partition coefficient (Wildman–Crippen LogP) is 5.71. The summed E-state index contributed by atoms with van der Waals surface area (Å²) in [6.45, 7) is 0.729. The Hall–Kier alpha value is -3.08. The van der Waals surface area contributed by atoms with Crippen LogP contribution in [0.15, 0.2) is 54.6 Å². The van der Waals surface area contributed by atoms with E-state index in [1.165, 1.54) is 12.1 Å². The fraction of sp³-hybridized carbons (Fsp3) is 0.217. The van der Waals surface area contributed by atoms with E-state index in [9.17, 15) is 26.3 Å². The molecule has 0 unspecified atom stereocenters. The van der Waals surface area contributed by atoms with Crippen molar-refractivity contribution in [2.45, 2.75) is 18.7 Å². The quantitative estimate of drug-likeness (QED) is 0.498. The molecular formula is C23H17F6NO3. The molecule has 0 aliphatic carbocycles. The lowest BCUT2D eigenvalue weighted by molar-refractivity contribution is -0.276. The molecule has 2 N–H and O–H groups in total. The molecule has 174 valence electrons. The van der Waals surface area contributed by atoms with E-state index < -0.39 is 35.9 Å². The maximum Gasteiger partial charge on any atom is 0.573 e. The lowest BCUT2D eigenvalue weighted by atomic mass is 9.98. The monoisotopic (exact) mass is 469 g/mol. The molecule has 1 heterocycles. The van der Waals surface area contributed by atoms with Gasteiger partial charge >= 0.3 is 6.36 Å². The molecule has 1 aliphatic heterocycles. The van der Waals surface area contributed by atoms with Crippen molar-refractivity contribution in [2.75, 3.05) is 13.2 Å². The molecule has 0 spiro atoms. The fourth-order valence-electron chi connectivity index (χ4n) is 3.40. The van der Waals surface area contributed by atoms with Crippen molar-refractivity contribution in [3.8, 4) is 28.0 Å². The Morgan fingerprint density at radius 2 is 1.30 bits per heavy atom. The summed E-state index contributed by atoms with van der Waals surface area (Å²) in [7, 11) is 0. The summed E-state index contributed by atoms with van der Waals surface area (Å²) in [4.78, 5) is 0. The van der Waals surface area contributed by atoms with E-state index >= 15 is 0 Å². The molecule has 1 saturated heterocycles. The van der Waals surface area contributed by atoms with Crippen molar-refractivity contribution in [1.29, 1.82) is 0 Å². The highest BCUT2D eigenvalue weighted by molar-refractivity contribution is 5.71. The van der Waals surface area contributed by atoms with Crippen LogP contribution in [0.25, 0.3) is 22.3 Å². The molecule has 0 saturated carbocycles. The lowest BCUT2D eigenvalue weighted by Crippen LogP contribution is -2.37. The molecule has 10 heteroatoms. The largest absolute Gasteiger partial charge is 0.573 e. The van der Waals surface area contributed by atoms with Gasteiger partial charge in [0.05, 0.1) is 19.3 Å². The lowest BCUT2D eigenvalue weighted by Gasteiger charge is -2.27. The number of hydrogen-bond acceptors (Lipinski definition) is 4. The summed E-state index contributed by atoms with van der Waals surface area (Å²) in [6, 6.07) is 11.9. The Kier molecular flexibility index (Phi) is 6.33. The van der Waals surface area contributed by atoms with Gasteiger partial charge in [0.2, 0.25) is 5.75 Å². The zero-order chi connectivity index (χ0) is 23.8. The minimum atomic E-state index is -5.27. The SMILES string of the molecule is NC1COC(c2ccc(-c3ccc(-c4cc(F)c(OC(F)(F)F)c(F)c4)c(F)c3)cc2)OC1. The average Bonchev–Trinajstić information content (AvgIpc) is 2.76. The normalized spacial score (nSPS) is 18.9. The second kappa shape index (κ2) is 9.05. The highest BCUT2D eigenvalue weighted by Crippen LogP contribution is 2.35. The molecule has 1 aliphatic rings. The molecule has 4 rings (SSSR count). The molecule has 0 atom stereocenters. The van der Waals surface area contributed by atoms with Gasteiger partial charge < -0.3 is 19.9 Å². The van der Waals surface area contributed by atoms with Gasteiger partial charge in [-0.25, -0.2) is 13.2 Å². The Labute approximate surface area is 184 Å². The minimum Gasteiger partial charge on any atom is -0.399 e. The number of halogens is 6. The van der Waals surface area contributed by atoms with Gasteiger partial charge in [-0.2, -0.15) is 0 Å². The first kappa shape index (κ1) is 23.1. The van der Waals surface area contributed by atoms with Crippen LogP contribution in [0.5, 0.6) is 5.75 Å². The zero-order valence-corrected chi connectivity index (χ0v) is 16.8. The molecule has 0 amide bonds. The van der Waals surface area contributed by atoms with Gasteiger partial charge in [0.1, 0.15) is 5.82 Å². The smallest absolute Gasteiger partial charge is 0.399 e. The topological polar surface area (TPSA) is 53.7 Å². The maximum atomic E-state index is 14.8. The first-order valence-corrected chi connectivity index (χ1v) is 9.74. The van der Waals surface area contributed by atoms with E-state index in [0.29, 0.717) is 36.5 Å². The van der Waals surface area contributed by atoms with Gasteiger partial charge in [0.15, 0.2) is 17.9 Å². The van der Waals surface area contributed by atoms with Crippen LogP contribution >= 0.6 is 0 Å². The molecule has 4 nitrogen and oxygen atoms in total. The van der Waals surface area contributed by atoms with Crippen LogP contribution in [-0.2, 0) is 9.47 Å². The van der Waals surface area contributed by atoms with Crippen molar-refractivity contribution in [1.82, 2.24) is 0 Å². The Morgan fingerprint density at radius 3 is 1.85 bits per heavy atom. The van der Waals surface area contributed by atoms with Crippen LogP contribution in [0.4, 0.5) is 26.3 Å². The summed E-state index contributed by atoms with van der Waals surface area (Å²) >= 11 is 0. The molecule has 0 aromatic heterocycles. The first-order valence-electron chi connectivity index (χ1n) is 9.74. The van der Waals surface area contributed by atoms with E-state index in [1.54, 1.807) is 24.3 Å². The fourth-order valence-corrected chi connectivity index (χ4v) is 3.40. The molecule has 33 heavy (non-hydrogen) atoms. The summed E-state index contributed by atoms with van der Waals surface area (Å²) < 4.78 is 94.1. The Bertz CT molecular complexity index is 1120. The van der Waals surface area contributed by atoms with Crippen LogP contribution in [0.2, 0.25) is 0 Å². The van der Waals surface area contributed by atoms with Crippen LogP contribution in [0.3, 0.4) is 0 Å². The Balaban J connectivity index is 1.56. The summed E-state index contributed by atoms with van der Waals surface area (Å²) in [5, 5.41) is 0. The number of nitrogens with two attached hydrogens (primary N) is 1. The van der Waals surface area contributed by atoms with E-state index in [2.05, 4.69) is 4.74 Å². The number of rotatable bonds is 4. The summed E-state index contributed by atoms with van der Waals surface area (Å²) in [6.07, 6.45) is -5.82. The third kappa shape index (κ3) is 5.29. The van der Waals surface area contributed by atoms with Crippen molar-refractivity contribution in [3.05, 3.63) is 77.6 Å². The minimum absolute atomic E-state index is 0.183. The summed E-state index contributed by atoms with van der Waals surface area (Å²) in [5.41, 5.74) is 7.15. The third-order valence-corrected chi connectivity index (χ3v) is 4.94. The van der Waals surface area contributed by atoms with Gasteiger partial charge in [-0.05, 0) is 34.9 Å². The first-order chi connectivity index (χ1) is 15.6. The standard InChI is InChI=1S/C23H17F6NO3/c24-18-7-14(12-1-3-13(4-2-12)22-31-10-16(30)11-32-22)5-6-17(18)15-8-19(25)21(20(26)9-15)33-23(27,28)29/h1-9,16,22H,10-11,30H2. The Morgan fingerprint density at radius 1 is 0.758 bits per heavy atom. The van der Waals surface area contributed by atoms with Crippen molar-refractivity contribution in [2.24, 2.45) is 5.73 Å². The van der Waals surface area contributed by atoms with Gasteiger partial charge in [-0.15, -0.1) is 13.2 Å². The zero-order valence-electron chi connectivity index (χ0n) is 16.8. The maximum absolute atomic E-state index is 14.8. The van der Waals surface area contributed by atoms with Gasteiger partial charge in [-0.3, -0.25) is 0 Å². The number of alkyl halides is 3. The predicted molar refractivity (Wildman–Crippen MR) is 106 cm³/mol. The van der Waals surface area contributed by atoms with Crippen LogP contribution < -0.4 is 10.5 Å². The molecule has 0 radical (unpaired) electrons. The highest BCUT2D eigenvalue weighted by atomic mass is 19.4. The van der Waals surface area contributed by atoms with Crippen molar-refractivity contribution >= 4 is 0 Å². The van der Waals surface area contributed by atoms with Crippen LogP contribution in [-0.4, -0.2) is 25.6 Å². The van der Waals surface area contributed by atoms with E-state index in [4.69, 9.17) is 15.2 Å². The van der Waals surface area contributed by atoms with Crippen molar-refractivity contribution in [3.63, 3.8) is 0 Å². The third-order valence-electron chi connectivity index (χ3n) is 4.94. The second-order valence-electron chi connectivity index (χ2n) is 7.39. The summed E-state index contributed by atoms with van der Waals surface area (Å²) in [5.74, 6) is -5.62. The number of benzene rings is 3. The highest BCUT2D eigenvalue weighted by Gasteiger charge is 2.34. The van der Waals surface area contributed by atoms with Gasteiger partial charge in [0, 0.05) is 11.1 Å². The molecule has 0 bridgehead atoms. The average molecular weight is 469 g/mol. The number of hydrogen-bond donors (Lipinski definition) is 1. The van der Waals surface area contributed by atoms with Gasteiger partial charge in [-0.1, -0.05) is 36.4 Å². The van der Waals surface area contributed by atoms with Gasteiger partial charge in [0.25, 0.3) is 0 Å². The second-order valence-corrected chi connectivity index (χ2v) is 7.39. The van der Waals surface area contributed by atoms with E-state index in [0.717, 1.165) is 11.6 Å². The molecule has 1 fully saturated rings. The van der Waals surface area contributed by atoms with E-state index in [1.807, 2.05) is 0 Å². The molecule has 3 aromatic rings. The van der Waals surface area contributed by atoms with Crippen LogP contribution in [0.1, 0.15) is 11.9 Å². The van der Waals surface area contributed by atoms with Crippen LogP contribution in [0, 0.1) is 17.5 Å². The molecular weight excluding hydrogens is 452 g/mol. The molecule has 3 aromatic carbocycles. The van der Waals surface area contributed by atoms with Crippen molar-refractivity contribution < 1.29 is 40.6 Å². The number of ether oxygens (including phenoxy) is 3.